The van der Waals surface area contributed by atoms with Crippen molar-refractivity contribution in [3.63, 3.8) is 0 Å². The third-order valence-electron chi connectivity index (χ3n) is 4.45. The highest BCUT2D eigenvalue weighted by molar-refractivity contribution is 5.92. The van der Waals surface area contributed by atoms with E-state index in [1.54, 1.807) is 36.4 Å². The van der Waals surface area contributed by atoms with E-state index in [0.717, 1.165) is 36.2 Å². The van der Waals surface area contributed by atoms with Crippen molar-refractivity contribution in [3.8, 4) is 5.69 Å². The number of pyridine rings is 1. The third-order valence-corrected chi connectivity index (χ3v) is 4.45. The summed E-state index contributed by atoms with van der Waals surface area (Å²) in [6.07, 6.45) is 9.89. The summed E-state index contributed by atoms with van der Waals surface area (Å²) in [4.78, 5) is 16.5. The van der Waals surface area contributed by atoms with Gasteiger partial charge in [0.05, 0.1) is 17.9 Å². The van der Waals surface area contributed by atoms with Gasteiger partial charge in [-0.2, -0.15) is 10.2 Å². The molecular weight excluding hydrogens is 304 g/mol. The van der Waals surface area contributed by atoms with E-state index in [9.17, 15) is 4.79 Å². The Kier molecular flexibility index (Phi) is 3.60. The Balaban J connectivity index is 1.62. The second-order valence-corrected chi connectivity index (χ2v) is 5.92. The van der Waals surface area contributed by atoms with Gasteiger partial charge in [0.2, 0.25) is 0 Å². The van der Waals surface area contributed by atoms with E-state index in [1.807, 2.05) is 23.0 Å². The molecule has 1 amide bonds. The molecule has 0 bridgehead atoms. The SMILES string of the molecule is Cn1nccc1C(=O)N[C@H]1CCCc2c1cnn2-c1ccncc1. The fraction of sp³-hybridized carbons (Fsp3) is 0.294. The quantitative estimate of drug-likeness (QED) is 0.798. The molecule has 0 radical (unpaired) electrons. The normalized spacial score (nSPS) is 16.6. The number of carbonyl (C=O) groups excluding carboxylic acids is 1. The van der Waals surface area contributed by atoms with Crippen LogP contribution >= 0.6 is 0 Å². The van der Waals surface area contributed by atoms with Gasteiger partial charge in [0.15, 0.2) is 0 Å². The van der Waals surface area contributed by atoms with Gasteiger partial charge in [0.1, 0.15) is 5.69 Å². The highest BCUT2D eigenvalue weighted by atomic mass is 16.2. The van der Waals surface area contributed by atoms with Crippen LogP contribution in [0.4, 0.5) is 0 Å². The summed E-state index contributed by atoms with van der Waals surface area (Å²) >= 11 is 0. The van der Waals surface area contributed by atoms with Gasteiger partial charge in [-0.05, 0) is 37.5 Å². The first kappa shape index (κ1) is 14.6. The molecule has 3 aromatic rings. The van der Waals surface area contributed by atoms with Crippen LogP contribution < -0.4 is 5.32 Å². The second-order valence-electron chi connectivity index (χ2n) is 5.92. The van der Waals surface area contributed by atoms with Gasteiger partial charge in [-0.25, -0.2) is 4.68 Å². The first-order valence-electron chi connectivity index (χ1n) is 8.00. The summed E-state index contributed by atoms with van der Waals surface area (Å²) < 4.78 is 3.53. The van der Waals surface area contributed by atoms with E-state index < -0.39 is 0 Å². The first-order valence-corrected chi connectivity index (χ1v) is 8.00. The van der Waals surface area contributed by atoms with E-state index in [0.29, 0.717) is 5.69 Å². The molecule has 3 heterocycles. The summed E-state index contributed by atoms with van der Waals surface area (Å²) in [6, 6.07) is 5.57. The molecule has 1 aliphatic rings. The number of nitrogens with one attached hydrogen (secondary N) is 1. The zero-order valence-electron chi connectivity index (χ0n) is 13.4. The van der Waals surface area contributed by atoms with Crippen molar-refractivity contribution in [2.75, 3.05) is 0 Å². The van der Waals surface area contributed by atoms with E-state index in [-0.39, 0.29) is 11.9 Å². The van der Waals surface area contributed by atoms with Crippen LogP contribution in [0.3, 0.4) is 0 Å². The summed E-state index contributed by atoms with van der Waals surface area (Å²) in [6.45, 7) is 0. The van der Waals surface area contributed by atoms with Gasteiger partial charge in [-0.1, -0.05) is 0 Å². The van der Waals surface area contributed by atoms with Gasteiger partial charge in [-0.15, -0.1) is 0 Å². The predicted molar refractivity (Wildman–Crippen MR) is 87.7 cm³/mol. The minimum atomic E-state index is -0.107. The van der Waals surface area contributed by atoms with Crippen LogP contribution in [0.15, 0.2) is 43.0 Å². The molecule has 3 aromatic heterocycles. The number of aromatic nitrogens is 5. The molecule has 0 saturated heterocycles. The van der Waals surface area contributed by atoms with Crippen molar-refractivity contribution in [1.82, 2.24) is 29.9 Å². The van der Waals surface area contributed by atoms with Crippen LogP contribution in [0.25, 0.3) is 5.69 Å². The molecule has 0 unspecified atom stereocenters. The Hall–Kier alpha value is -2.96. The Labute approximate surface area is 139 Å². The molecule has 1 N–H and O–H groups in total. The lowest BCUT2D eigenvalue weighted by molar-refractivity contribution is 0.0923. The number of hydrogen-bond acceptors (Lipinski definition) is 4. The molecule has 1 atom stereocenters. The number of fused-ring (bicyclic) bond motifs is 1. The number of rotatable bonds is 3. The lowest BCUT2D eigenvalue weighted by Gasteiger charge is -2.24. The number of hydrogen-bond donors (Lipinski definition) is 1. The molecule has 24 heavy (non-hydrogen) atoms. The van der Waals surface area contributed by atoms with Gasteiger partial charge in [0.25, 0.3) is 5.91 Å². The number of aryl methyl sites for hydroxylation is 1. The standard InChI is InChI=1S/C17H18N6O/c1-22-16(7-10-19-22)17(24)21-14-3-2-4-15-13(14)11-20-23(15)12-5-8-18-9-6-12/h5-11,14H,2-4H2,1H3,(H,21,24)/t14-/m0/s1. The smallest absolute Gasteiger partial charge is 0.270 e. The zero-order valence-corrected chi connectivity index (χ0v) is 13.4. The van der Waals surface area contributed by atoms with Crippen molar-refractivity contribution in [2.24, 2.45) is 7.05 Å². The van der Waals surface area contributed by atoms with Crippen molar-refractivity contribution in [1.29, 1.82) is 0 Å². The topological polar surface area (TPSA) is 77.6 Å². The molecule has 0 aliphatic heterocycles. The average Bonchev–Trinajstić information content (AvgIpc) is 3.22. The van der Waals surface area contributed by atoms with Crippen LogP contribution in [0, 0.1) is 0 Å². The molecular formula is C17H18N6O. The van der Waals surface area contributed by atoms with Crippen LogP contribution in [0.1, 0.15) is 40.6 Å². The highest BCUT2D eigenvalue weighted by Crippen LogP contribution is 2.31. The van der Waals surface area contributed by atoms with Crippen molar-refractivity contribution in [2.45, 2.75) is 25.3 Å². The largest absolute Gasteiger partial charge is 0.344 e. The molecule has 0 aromatic carbocycles. The maximum absolute atomic E-state index is 12.5. The highest BCUT2D eigenvalue weighted by Gasteiger charge is 2.26. The van der Waals surface area contributed by atoms with Crippen LogP contribution in [0.5, 0.6) is 0 Å². The predicted octanol–water partition coefficient (Wildman–Crippen LogP) is 1.81. The Morgan fingerprint density at radius 1 is 1.21 bits per heavy atom. The van der Waals surface area contributed by atoms with Gasteiger partial charge in [0, 0.05) is 36.9 Å². The Bertz CT molecular complexity index is 866. The fourth-order valence-corrected chi connectivity index (χ4v) is 3.24. The molecule has 0 spiro atoms. The fourth-order valence-electron chi connectivity index (χ4n) is 3.24. The van der Waals surface area contributed by atoms with Crippen molar-refractivity contribution < 1.29 is 4.79 Å². The number of amides is 1. The lowest BCUT2D eigenvalue weighted by Crippen LogP contribution is -2.32. The lowest BCUT2D eigenvalue weighted by atomic mass is 9.92. The molecule has 0 saturated carbocycles. The number of carbonyl (C=O) groups is 1. The van der Waals surface area contributed by atoms with E-state index in [4.69, 9.17) is 0 Å². The monoisotopic (exact) mass is 322 g/mol. The van der Waals surface area contributed by atoms with Gasteiger partial charge in [-0.3, -0.25) is 14.5 Å². The average molecular weight is 322 g/mol. The van der Waals surface area contributed by atoms with Crippen LogP contribution in [-0.2, 0) is 13.5 Å². The molecule has 1 aliphatic carbocycles. The zero-order chi connectivity index (χ0) is 16.5. The summed E-state index contributed by atoms with van der Waals surface area (Å²) in [5, 5.41) is 11.7. The maximum Gasteiger partial charge on any atom is 0.270 e. The van der Waals surface area contributed by atoms with E-state index in [2.05, 4.69) is 20.5 Å². The van der Waals surface area contributed by atoms with Crippen LogP contribution in [0.2, 0.25) is 0 Å². The third kappa shape index (κ3) is 2.47. The molecule has 7 heteroatoms. The minimum absolute atomic E-state index is 0.0215. The van der Waals surface area contributed by atoms with E-state index >= 15 is 0 Å². The minimum Gasteiger partial charge on any atom is -0.344 e. The van der Waals surface area contributed by atoms with Gasteiger partial charge < -0.3 is 5.32 Å². The molecule has 122 valence electrons. The van der Waals surface area contributed by atoms with Crippen molar-refractivity contribution in [3.05, 3.63) is 59.9 Å². The maximum atomic E-state index is 12.5. The van der Waals surface area contributed by atoms with E-state index in [1.165, 1.54) is 0 Å². The Morgan fingerprint density at radius 2 is 2.04 bits per heavy atom. The summed E-state index contributed by atoms with van der Waals surface area (Å²) in [7, 11) is 1.77. The summed E-state index contributed by atoms with van der Waals surface area (Å²) in [5.41, 5.74) is 3.80. The summed E-state index contributed by atoms with van der Waals surface area (Å²) in [5.74, 6) is -0.107. The van der Waals surface area contributed by atoms with Crippen LogP contribution in [-0.4, -0.2) is 30.5 Å². The first-order chi connectivity index (χ1) is 11.7. The van der Waals surface area contributed by atoms with Crippen molar-refractivity contribution >= 4 is 5.91 Å². The second kappa shape index (κ2) is 5.92. The van der Waals surface area contributed by atoms with Gasteiger partial charge >= 0.3 is 0 Å². The molecule has 0 fully saturated rings. The molecule has 4 rings (SSSR count). The number of nitrogens with zero attached hydrogens (tertiary/aromatic N) is 5. The molecule has 7 nitrogen and oxygen atoms in total. The Morgan fingerprint density at radius 3 is 2.79 bits per heavy atom.